The summed E-state index contributed by atoms with van der Waals surface area (Å²) in [5.41, 5.74) is 1.69. The number of ketones is 1. The third-order valence-corrected chi connectivity index (χ3v) is 3.67. The monoisotopic (exact) mass is 244 g/mol. The number of allylic oxidation sites excluding steroid dienone is 1. The van der Waals surface area contributed by atoms with E-state index in [9.17, 15) is 4.79 Å². The van der Waals surface area contributed by atoms with Crippen LogP contribution in [0.4, 0.5) is 0 Å². The molecule has 0 bridgehead atoms. The van der Waals surface area contributed by atoms with Crippen molar-refractivity contribution < 1.29 is 9.53 Å². The van der Waals surface area contributed by atoms with Gasteiger partial charge in [-0.05, 0) is 25.3 Å². The minimum atomic E-state index is -0.363. The van der Waals surface area contributed by atoms with Gasteiger partial charge in [0, 0.05) is 19.6 Å². The van der Waals surface area contributed by atoms with E-state index in [2.05, 4.69) is 18.7 Å². The first-order chi connectivity index (χ1) is 8.65. The van der Waals surface area contributed by atoms with Crippen molar-refractivity contribution in [3.05, 3.63) is 48.0 Å². The van der Waals surface area contributed by atoms with Crippen LogP contribution in [0.25, 0.3) is 0 Å². The van der Waals surface area contributed by atoms with E-state index in [0.29, 0.717) is 19.6 Å². The predicted molar refractivity (Wildman–Crippen MR) is 72.6 cm³/mol. The van der Waals surface area contributed by atoms with Crippen LogP contribution in [0.2, 0.25) is 0 Å². The molecule has 0 aliphatic carbocycles. The fraction of sp³-hybridized carbons (Fsp3) is 0.438. The molecule has 0 spiro atoms. The van der Waals surface area contributed by atoms with Crippen LogP contribution in [0.1, 0.15) is 31.7 Å². The van der Waals surface area contributed by atoms with Crippen LogP contribution in [0.5, 0.6) is 0 Å². The summed E-state index contributed by atoms with van der Waals surface area (Å²) in [6.07, 6.45) is 2.03. The molecule has 1 saturated heterocycles. The standard InChI is InChI=1S/C16H20O2/c1-13(2)12-15(17)16(8-10-18-11-9-16)14-6-4-3-5-7-14/h3-7H,1,8-12H2,2H3. The van der Waals surface area contributed by atoms with Gasteiger partial charge in [0.25, 0.3) is 0 Å². The Morgan fingerprint density at radius 1 is 1.28 bits per heavy atom. The molecule has 1 aromatic rings. The van der Waals surface area contributed by atoms with E-state index < -0.39 is 0 Å². The van der Waals surface area contributed by atoms with Crippen molar-refractivity contribution in [1.82, 2.24) is 0 Å². The Morgan fingerprint density at radius 2 is 1.89 bits per heavy atom. The lowest BCUT2D eigenvalue weighted by Gasteiger charge is -2.36. The molecule has 0 radical (unpaired) electrons. The zero-order valence-electron chi connectivity index (χ0n) is 10.9. The van der Waals surface area contributed by atoms with E-state index in [1.807, 2.05) is 25.1 Å². The second-order valence-electron chi connectivity index (χ2n) is 5.12. The number of Topliss-reactive ketones (excluding diaryl/α,β-unsaturated/α-hetero) is 1. The highest BCUT2D eigenvalue weighted by Crippen LogP contribution is 2.37. The molecular formula is C16H20O2. The van der Waals surface area contributed by atoms with E-state index in [1.165, 1.54) is 0 Å². The summed E-state index contributed by atoms with van der Waals surface area (Å²) < 4.78 is 5.43. The maximum Gasteiger partial charge on any atom is 0.147 e. The van der Waals surface area contributed by atoms with Gasteiger partial charge in [-0.3, -0.25) is 4.79 Å². The zero-order valence-corrected chi connectivity index (χ0v) is 10.9. The van der Waals surface area contributed by atoms with Gasteiger partial charge in [-0.2, -0.15) is 0 Å². The molecule has 0 saturated carbocycles. The van der Waals surface area contributed by atoms with Gasteiger partial charge in [-0.25, -0.2) is 0 Å². The van der Waals surface area contributed by atoms with Gasteiger partial charge in [-0.15, -0.1) is 0 Å². The van der Waals surface area contributed by atoms with Crippen LogP contribution in [-0.4, -0.2) is 19.0 Å². The van der Waals surface area contributed by atoms with Crippen LogP contribution in [0, 0.1) is 0 Å². The summed E-state index contributed by atoms with van der Waals surface area (Å²) >= 11 is 0. The van der Waals surface area contributed by atoms with E-state index in [4.69, 9.17) is 4.74 Å². The predicted octanol–water partition coefficient (Wildman–Crippen LogP) is 3.27. The lowest BCUT2D eigenvalue weighted by atomic mass is 9.69. The molecule has 1 fully saturated rings. The number of benzene rings is 1. The fourth-order valence-corrected chi connectivity index (χ4v) is 2.65. The van der Waals surface area contributed by atoms with Crippen LogP contribution in [-0.2, 0) is 14.9 Å². The van der Waals surface area contributed by atoms with E-state index >= 15 is 0 Å². The first kappa shape index (κ1) is 13.0. The molecule has 0 aromatic heterocycles. The first-order valence-corrected chi connectivity index (χ1v) is 6.46. The van der Waals surface area contributed by atoms with Crippen LogP contribution >= 0.6 is 0 Å². The van der Waals surface area contributed by atoms with Crippen LogP contribution in [0.3, 0.4) is 0 Å². The van der Waals surface area contributed by atoms with Crippen molar-refractivity contribution in [2.24, 2.45) is 0 Å². The molecule has 2 heteroatoms. The summed E-state index contributed by atoms with van der Waals surface area (Å²) in [6, 6.07) is 10.1. The molecule has 0 unspecified atom stereocenters. The number of carbonyl (C=O) groups is 1. The largest absolute Gasteiger partial charge is 0.381 e. The Labute approximate surface area is 109 Å². The lowest BCUT2D eigenvalue weighted by molar-refractivity contribution is -0.127. The highest BCUT2D eigenvalue weighted by molar-refractivity contribution is 5.91. The molecule has 1 aromatic carbocycles. The molecule has 0 amide bonds. The number of hydrogen-bond donors (Lipinski definition) is 0. The Bertz CT molecular complexity index is 428. The Balaban J connectivity index is 2.34. The fourth-order valence-electron chi connectivity index (χ4n) is 2.65. The summed E-state index contributed by atoms with van der Waals surface area (Å²) in [7, 11) is 0. The number of carbonyl (C=O) groups excluding carboxylic acids is 1. The molecule has 1 aliphatic heterocycles. The van der Waals surface area contributed by atoms with Crippen molar-refractivity contribution in [2.75, 3.05) is 13.2 Å². The van der Waals surface area contributed by atoms with Gasteiger partial charge in [0.05, 0.1) is 5.41 Å². The number of hydrogen-bond acceptors (Lipinski definition) is 2. The highest BCUT2D eigenvalue weighted by atomic mass is 16.5. The summed E-state index contributed by atoms with van der Waals surface area (Å²) in [5, 5.41) is 0. The Hall–Kier alpha value is -1.41. The normalized spacial score (nSPS) is 18.3. The number of ether oxygens (including phenoxy) is 1. The quantitative estimate of drug-likeness (QED) is 0.760. The molecule has 0 atom stereocenters. The van der Waals surface area contributed by atoms with Gasteiger partial charge in [-0.1, -0.05) is 42.5 Å². The van der Waals surface area contributed by atoms with Crippen LogP contribution < -0.4 is 0 Å². The van der Waals surface area contributed by atoms with Gasteiger partial charge in [0.15, 0.2) is 0 Å². The molecule has 1 heterocycles. The van der Waals surface area contributed by atoms with Gasteiger partial charge in [0.1, 0.15) is 5.78 Å². The van der Waals surface area contributed by atoms with Gasteiger partial charge < -0.3 is 4.74 Å². The molecule has 0 N–H and O–H groups in total. The van der Waals surface area contributed by atoms with Crippen molar-refractivity contribution >= 4 is 5.78 Å². The molecule has 2 rings (SSSR count). The van der Waals surface area contributed by atoms with Crippen LogP contribution in [0.15, 0.2) is 42.5 Å². The summed E-state index contributed by atoms with van der Waals surface area (Å²) in [4.78, 5) is 12.6. The topological polar surface area (TPSA) is 26.3 Å². The maximum atomic E-state index is 12.6. The highest BCUT2D eigenvalue weighted by Gasteiger charge is 2.40. The maximum absolute atomic E-state index is 12.6. The van der Waals surface area contributed by atoms with E-state index in [-0.39, 0.29) is 11.2 Å². The SMILES string of the molecule is C=C(C)CC(=O)C1(c2ccccc2)CCOCC1. The lowest BCUT2D eigenvalue weighted by Crippen LogP contribution is -2.41. The minimum Gasteiger partial charge on any atom is -0.381 e. The molecule has 18 heavy (non-hydrogen) atoms. The average Bonchev–Trinajstić information content (AvgIpc) is 2.40. The average molecular weight is 244 g/mol. The smallest absolute Gasteiger partial charge is 0.147 e. The number of rotatable bonds is 4. The van der Waals surface area contributed by atoms with E-state index in [0.717, 1.165) is 24.0 Å². The molecule has 1 aliphatic rings. The van der Waals surface area contributed by atoms with Crippen molar-refractivity contribution in [2.45, 2.75) is 31.6 Å². The van der Waals surface area contributed by atoms with Crippen molar-refractivity contribution in [1.29, 1.82) is 0 Å². The Kier molecular flexibility index (Phi) is 3.97. The summed E-state index contributed by atoms with van der Waals surface area (Å²) in [6.45, 7) is 7.10. The summed E-state index contributed by atoms with van der Waals surface area (Å²) in [5.74, 6) is 0.282. The minimum absolute atomic E-state index is 0.282. The Morgan fingerprint density at radius 3 is 2.44 bits per heavy atom. The third kappa shape index (κ3) is 2.54. The zero-order chi connectivity index (χ0) is 13.0. The second-order valence-corrected chi connectivity index (χ2v) is 5.12. The molecule has 96 valence electrons. The van der Waals surface area contributed by atoms with E-state index in [1.54, 1.807) is 0 Å². The third-order valence-electron chi connectivity index (χ3n) is 3.67. The molecule has 2 nitrogen and oxygen atoms in total. The van der Waals surface area contributed by atoms with Gasteiger partial charge in [0.2, 0.25) is 0 Å². The second kappa shape index (κ2) is 5.49. The molecular weight excluding hydrogens is 224 g/mol. The van der Waals surface area contributed by atoms with Crippen molar-refractivity contribution in [3.63, 3.8) is 0 Å². The first-order valence-electron chi connectivity index (χ1n) is 6.46. The van der Waals surface area contributed by atoms with Crippen molar-refractivity contribution in [3.8, 4) is 0 Å². The van der Waals surface area contributed by atoms with Gasteiger partial charge >= 0.3 is 0 Å².